The summed E-state index contributed by atoms with van der Waals surface area (Å²) in [6.45, 7) is 7.27. The van der Waals surface area contributed by atoms with Crippen LogP contribution < -0.4 is 5.32 Å². The van der Waals surface area contributed by atoms with Crippen LogP contribution in [0.2, 0.25) is 0 Å². The summed E-state index contributed by atoms with van der Waals surface area (Å²) in [5.41, 5.74) is 0. The van der Waals surface area contributed by atoms with Gasteiger partial charge in [-0.1, -0.05) is 0 Å². The normalized spacial score (nSPS) is 12.8. The summed E-state index contributed by atoms with van der Waals surface area (Å²) in [7, 11) is 1.64. The number of methoxy groups -OCH3 is 1. The first kappa shape index (κ1) is 16.4. The summed E-state index contributed by atoms with van der Waals surface area (Å²) in [6.07, 6.45) is 0.931. The molecule has 5 nitrogen and oxygen atoms in total. The van der Waals surface area contributed by atoms with Crippen LogP contribution in [0, 0.1) is 0 Å². The lowest BCUT2D eigenvalue weighted by Crippen LogP contribution is -2.35. The molecule has 0 saturated heterocycles. The minimum atomic E-state index is -0.353. The van der Waals surface area contributed by atoms with Crippen molar-refractivity contribution in [3.8, 4) is 0 Å². The largest absolute Gasteiger partial charge is 0.382 e. The fourth-order valence-corrected chi connectivity index (χ4v) is 1.28. The highest BCUT2D eigenvalue weighted by molar-refractivity contribution is 5.75. The molecule has 0 aliphatic heterocycles. The zero-order valence-corrected chi connectivity index (χ0v) is 11.3. The van der Waals surface area contributed by atoms with E-state index in [4.69, 9.17) is 14.2 Å². The summed E-state index contributed by atoms with van der Waals surface area (Å²) >= 11 is 0. The standard InChI is InChI=1S/C12H25NO4/c1-5-16-12(17-6-2)9-13-11(14)8-7-10(3)15-4/h10,12H,5-9H2,1-4H3,(H,13,14). The summed E-state index contributed by atoms with van der Waals surface area (Å²) in [5, 5.41) is 2.79. The van der Waals surface area contributed by atoms with Gasteiger partial charge in [-0.05, 0) is 27.2 Å². The SMILES string of the molecule is CCOC(CNC(=O)CCC(C)OC)OCC. The van der Waals surface area contributed by atoms with Crippen LogP contribution in [0.3, 0.4) is 0 Å². The number of hydrogen-bond donors (Lipinski definition) is 1. The third-order valence-electron chi connectivity index (χ3n) is 2.35. The molecule has 17 heavy (non-hydrogen) atoms. The molecule has 1 amide bonds. The third-order valence-corrected chi connectivity index (χ3v) is 2.35. The monoisotopic (exact) mass is 247 g/mol. The maximum Gasteiger partial charge on any atom is 0.220 e. The molecule has 0 aliphatic rings. The van der Waals surface area contributed by atoms with Crippen LogP contribution >= 0.6 is 0 Å². The maximum absolute atomic E-state index is 11.5. The van der Waals surface area contributed by atoms with Crippen LogP contribution in [-0.2, 0) is 19.0 Å². The van der Waals surface area contributed by atoms with E-state index < -0.39 is 0 Å². The van der Waals surface area contributed by atoms with Gasteiger partial charge in [0, 0.05) is 26.7 Å². The third kappa shape index (κ3) is 9.09. The predicted octanol–water partition coefficient (Wildman–Crippen LogP) is 1.32. The zero-order chi connectivity index (χ0) is 13.1. The lowest BCUT2D eigenvalue weighted by atomic mass is 10.2. The van der Waals surface area contributed by atoms with Gasteiger partial charge >= 0.3 is 0 Å². The van der Waals surface area contributed by atoms with E-state index in [-0.39, 0.29) is 18.3 Å². The van der Waals surface area contributed by atoms with Crippen LogP contribution in [0.4, 0.5) is 0 Å². The van der Waals surface area contributed by atoms with Gasteiger partial charge in [-0.25, -0.2) is 0 Å². The quantitative estimate of drug-likeness (QED) is 0.591. The van der Waals surface area contributed by atoms with Gasteiger partial charge in [-0.2, -0.15) is 0 Å². The van der Waals surface area contributed by atoms with Crippen LogP contribution in [0.5, 0.6) is 0 Å². The Kier molecular flexibility index (Phi) is 10.1. The molecule has 0 saturated carbocycles. The van der Waals surface area contributed by atoms with Crippen molar-refractivity contribution in [2.75, 3.05) is 26.9 Å². The predicted molar refractivity (Wildman–Crippen MR) is 65.8 cm³/mol. The second kappa shape index (κ2) is 10.5. The molecule has 0 heterocycles. The van der Waals surface area contributed by atoms with E-state index >= 15 is 0 Å². The molecule has 0 aromatic carbocycles. The fraction of sp³-hybridized carbons (Fsp3) is 0.917. The lowest BCUT2D eigenvalue weighted by Gasteiger charge is -2.17. The Hall–Kier alpha value is -0.650. The summed E-state index contributed by atoms with van der Waals surface area (Å²) < 4.78 is 15.7. The Morgan fingerprint density at radius 3 is 2.29 bits per heavy atom. The van der Waals surface area contributed by atoms with Gasteiger partial charge in [0.25, 0.3) is 0 Å². The first-order chi connectivity index (χ1) is 8.13. The van der Waals surface area contributed by atoms with E-state index in [9.17, 15) is 4.79 Å². The number of amides is 1. The van der Waals surface area contributed by atoms with Gasteiger partial charge in [0.2, 0.25) is 5.91 Å². The average molecular weight is 247 g/mol. The maximum atomic E-state index is 11.5. The minimum absolute atomic E-state index is 0.00157. The minimum Gasteiger partial charge on any atom is -0.382 e. The molecule has 1 N–H and O–H groups in total. The Morgan fingerprint density at radius 2 is 1.82 bits per heavy atom. The van der Waals surface area contributed by atoms with Crippen molar-refractivity contribution in [3.63, 3.8) is 0 Å². The van der Waals surface area contributed by atoms with E-state index in [2.05, 4.69) is 5.32 Å². The van der Waals surface area contributed by atoms with E-state index in [0.717, 1.165) is 6.42 Å². The molecule has 1 atom stereocenters. The van der Waals surface area contributed by atoms with Crippen LogP contribution in [0.15, 0.2) is 0 Å². The highest BCUT2D eigenvalue weighted by atomic mass is 16.7. The molecule has 0 aromatic rings. The average Bonchev–Trinajstić information content (AvgIpc) is 2.33. The molecule has 0 aromatic heterocycles. The molecule has 5 heteroatoms. The number of carbonyl (C=O) groups excluding carboxylic acids is 1. The van der Waals surface area contributed by atoms with Gasteiger partial charge in [0.15, 0.2) is 6.29 Å². The van der Waals surface area contributed by atoms with Crippen molar-refractivity contribution < 1.29 is 19.0 Å². The fourth-order valence-electron chi connectivity index (χ4n) is 1.28. The zero-order valence-electron chi connectivity index (χ0n) is 11.3. The smallest absolute Gasteiger partial charge is 0.220 e. The molecular weight excluding hydrogens is 222 g/mol. The summed E-state index contributed by atoms with van der Waals surface area (Å²) in [4.78, 5) is 11.5. The number of ether oxygens (including phenoxy) is 3. The van der Waals surface area contributed by atoms with Crippen LogP contribution in [0.1, 0.15) is 33.6 Å². The van der Waals surface area contributed by atoms with E-state index in [1.165, 1.54) is 0 Å². The highest BCUT2D eigenvalue weighted by Crippen LogP contribution is 2.00. The molecule has 0 rings (SSSR count). The first-order valence-corrected chi connectivity index (χ1v) is 6.16. The van der Waals surface area contributed by atoms with Gasteiger partial charge in [-0.15, -0.1) is 0 Å². The Balaban J connectivity index is 3.71. The van der Waals surface area contributed by atoms with Crippen LogP contribution in [-0.4, -0.2) is 45.2 Å². The van der Waals surface area contributed by atoms with Crippen molar-refractivity contribution in [2.45, 2.75) is 46.0 Å². The van der Waals surface area contributed by atoms with E-state index in [0.29, 0.717) is 26.2 Å². The van der Waals surface area contributed by atoms with Crippen molar-refractivity contribution >= 4 is 5.91 Å². The molecule has 0 radical (unpaired) electrons. The summed E-state index contributed by atoms with van der Waals surface area (Å²) in [6, 6.07) is 0. The molecule has 0 fully saturated rings. The van der Waals surface area contributed by atoms with Crippen molar-refractivity contribution in [1.29, 1.82) is 0 Å². The van der Waals surface area contributed by atoms with Crippen molar-refractivity contribution in [1.82, 2.24) is 5.32 Å². The number of carbonyl (C=O) groups is 1. The second-order valence-electron chi connectivity index (χ2n) is 3.73. The van der Waals surface area contributed by atoms with Gasteiger partial charge in [0.05, 0.1) is 12.6 Å². The van der Waals surface area contributed by atoms with Gasteiger partial charge in [-0.3, -0.25) is 4.79 Å². The van der Waals surface area contributed by atoms with Crippen molar-refractivity contribution in [3.05, 3.63) is 0 Å². The first-order valence-electron chi connectivity index (χ1n) is 6.16. The van der Waals surface area contributed by atoms with E-state index in [1.54, 1.807) is 7.11 Å². The highest BCUT2D eigenvalue weighted by Gasteiger charge is 2.10. The number of hydrogen-bond acceptors (Lipinski definition) is 4. The van der Waals surface area contributed by atoms with E-state index in [1.807, 2.05) is 20.8 Å². The molecule has 1 unspecified atom stereocenters. The summed E-state index contributed by atoms with van der Waals surface area (Å²) in [5.74, 6) is -0.00157. The Bertz CT molecular complexity index is 193. The Morgan fingerprint density at radius 1 is 1.24 bits per heavy atom. The van der Waals surface area contributed by atoms with Crippen LogP contribution in [0.25, 0.3) is 0 Å². The molecule has 102 valence electrons. The topological polar surface area (TPSA) is 56.8 Å². The molecule has 0 aliphatic carbocycles. The lowest BCUT2D eigenvalue weighted by molar-refractivity contribution is -0.140. The number of rotatable bonds is 10. The second-order valence-corrected chi connectivity index (χ2v) is 3.73. The molecular formula is C12H25NO4. The van der Waals surface area contributed by atoms with Crippen molar-refractivity contribution in [2.24, 2.45) is 0 Å². The molecule has 0 spiro atoms. The Labute approximate surface area is 104 Å². The van der Waals surface area contributed by atoms with Gasteiger partial charge in [0.1, 0.15) is 0 Å². The number of nitrogens with one attached hydrogen (secondary N) is 1. The molecule has 0 bridgehead atoms. The van der Waals surface area contributed by atoms with Gasteiger partial charge < -0.3 is 19.5 Å².